The van der Waals surface area contributed by atoms with E-state index in [4.69, 9.17) is 4.74 Å². The van der Waals surface area contributed by atoms with Crippen LogP contribution in [0.5, 0.6) is 11.5 Å². The fourth-order valence-electron chi connectivity index (χ4n) is 3.02. The normalized spacial score (nSPS) is 17.0. The fraction of sp³-hybridized carbons (Fsp3) is 0.647. The molecule has 0 aliphatic heterocycles. The molecule has 1 fully saturated rings. The predicted octanol–water partition coefficient (Wildman–Crippen LogP) is 4.27. The van der Waals surface area contributed by atoms with Crippen LogP contribution in [-0.2, 0) is 6.54 Å². The predicted molar refractivity (Wildman–Crippen MR) is 89.4 cm³/mol. The zero-order chi connectivity index (χ0) is 14.4. The Balaban J connectivity index is 0.00000220. The van der Waals surface area contributed by atoms with Crippen molar-refractivity contribution in [1.29, 1.82) is 0 Å². The fourth-order valence-corrected chi connectivity index (χ4v) is 3.02. The molecule has 0 saturated heterocycles. The lowest BCUT2D eigenvalue weighted by Crippen LogP contribution is -2.34. The molecule has 1 atom stereocenters. The summed E-state index contributed by atoms with van der Waals surface area (Å²) >= 11 is 0. The van der Waals surface area contributed by atoms with Crippen LogP contribution >= 0.6 is 12.4 Å². The average molecular weight is 314 g/mol. The first-order valence-electron chi connectivity index (χ1n) is 7.88. The molecular formula is C17H28ClNO2. The Kier molecular flexibility index (Phi) is 7.91. The number of hydrogen-bond acceptors (Lipinski definition) is 3. The Morgan fingerprint density at radius 2 is 2.00 bits per heavy atom. The average Bonchev–Trinajstić information content (AvgIpc) is 2.49. The van der Waals surface area contributed by atoms with Crippen LogP contribution in [0.25, 0.3) is 0 Å². The SMILES string of the molecule is CCOc1cc(CN[C@@H](C)C2CCCCC2)ccc1O.Cl. The monoisotopic (exact) mass is 313 g/mol. The lowest BCUT2D eigenvalue weighted by atomic mass is 9.84. The van der Waals surface area contributed by atoms with Crippen LogP contribution in [0.3, 0.4) is 0 Å². The second-order valence-electron chi connectivity index (χ2n) is 5.80. The van der Waals surface area contributed by atoms with E-state index in [-0.39, 0.29) is 18.2 Å². The van der Waals surface area contributed by atoms with Gasteiger partial charge < -0.3 is 15.2 Å². The molecule has 3 nitrogen and oxygen atoms in total. The molecule has 21 heavy (non-hydrogen) atoms. The molecular weight excluding hydrogens is 286 g/mol. The number of phenolic OH excluding ortho intramolecular Hbond substituents is 1. The van der Waals surface area contributed by atoms with Crippen molar-refractivity contribution in [2.45, 2.75) is 58.5 Å². The number of benzene rings is 1. The minimum Gasteiger partial charge on any atom is -0.504 e. The van der Waals surface area contributed by atoms with Gasteiger partial charge >= 0.3 is 0 Å². The van der Waals surface area contributed by atoms with Crippen LogP contribution in [0, 0.1) is 5.92 Å². The van der Waals surface area contributed by atoms with Gasteiger partial charge in [0.1, 0.15) is 0 Å². The third-order valence-corrected chi connectivity index (χ3v) is 4.31. The smallest absolute Gasteiger partial charge is 0.161 e. The van der Waals surface area contributed by atoms with Gasteiger partial charge in [0, 0.05) is 12.6 Å². The molecule has 0 heterocycles. The number of aromatic hydroxyl groups is 1. The van der Waals surface area contributed by atoms with Crippen molar-refractivity contribution in [2.24, 2.45) is 5.92 Å². The highest BCUT2D eigenvalue weighted by molar-refractivity contribution is 5.85. The minimum atomic E-state index is 0. The molecule has 2 N–H and O–H groups in total. The third-order valence-electron chi connectivity index (χ3n) is 4.31. The van der Waals surface area contributed by atoms with Crippen molar-refractivity contribution in [2.75, 3.05) is 6.61 Å². The number of halogens is 1. The summed E-state index contributed by atoms with van der Waals surface area (Å²) in [7, 11) is 0. The van der Waals surface area contributed by atoms with Crippen molar-refractivity contribution < 1.29 is 9.84 Å². The zero-order valence-electron chi connectivity index (χ0n) is 13.1. The van der Waals surface area contributed by atoms with E-state index in [1.165, 1.54) is 32.1 Å². The number of nitrogens with one attached hydrogen (secondary N) is 1. The van der Waals surface area contributed by atoms with E-state index in [1.54, 1.807) is 6.07 Å². The molecule has 2 rings (SSSR count). The van der Waals surface area contributed by atoms with E-state index in [0.29, 0.717) is 18.4 Å². The van der Waals surface area contributed by atoms with Crippen LogP contribution in [0.2, 0.25) is 0 Å². The maximum Gasteiger partial charge on any atom is 0.161 e. The number of ether oxygens (including phenoxy) is 1. The largest absolute Gasteiger partial charge is 0.504 e. The van der Waals surface area contributed by atoms with Crippen molar-refractivity contribution in [3.05, 3.63) is 23.8 Å². The van der Waals surface area contributed by atoms with Gasteiger partial charge in [0.05, 0.1) is 6.61 Å². The third kappa shape index (κ3) is 5.40. The van der Waals surface area contributed by atoms with E-state index in [9.17, 15) is 5.11 Å². The van der Waals surface area contributed by atoms with Crippen molar-refractivity contribution in [1.82, 2.24) is 5.32 Å². The maximum absolute atomic E-state index is 9.70. The Labute approximate surface area is 134 Å². The van der Waals surface area contributed by atoms with Crippen molar-refractivity contribution >= 4 is 12.4 Å². The lowest BCUT2D eigenvalue weighted by molar-refractivity contribution is 0.280. The zero-order valence-corrected chi connectivity index (χ0v) is 13.9. The molecule has 0 amide bonds. The second kappa shape index (κ2) is 9.16. The topological polar surface area (TPSA) is 41.5 Å². The Hall–Kier alpha value is -0.930. The Morgan fingerprint density at radius 1 is 1.29 bits per heavy atom. The van der Waals surface area contributed by atoms with Gasteiger partial charge in [0.15, 0.2) is 11.5 Å². The van der Waals surface area contributed by atoms with Crippen LogP contribution in [0.15, 0.2) is 18.2 Å². The van der Waals surface area contributed by atoms with Gasteiger partial charge in [-0.3, -0.25) is 0 Å². The summed E-state index contributed by atoms with van der Waals surface area (Å²) in [6.45, 7) is 5.62. The molecule has 0 unspecified atom stereocenters. The highest BCUT2D eigenvalue weighted by Gasteiger charge is 2.19. The van der Waals surface area contributed by atoms with Gasteiger partial charge in [-0.25, -0.2) is 0 Å². The van der Waals surface area contributed by atoms with E-state index in [2.05, 4.69) is 12.2 Å². The van der Waals surface area contributed by atoms with E-state index < -0.39 is 0 Å². The van der Waals surface area contributed by atoms with Gasteiger partial charge in [-0.1, -0.05) is 25.3 Å². The first-order chi connectivity index (χ1) is 9.70. The number of rotatable bonds is 6. The molecule has 0 radical (unpaired) electrons. The summed E-state index contributed by atoms with van der Waals surface area (Å²) in [6, 6.07) is 6.16. The van der Waals surface area contributed by atoms with Crippen molar-refractivity contribution in [3.8, 4) is 11.5 Å². The van der Waals surface area contributed by atoms with E-state index >= 15 is 0 Å². The first kappa shape index (κ1) is 18.1. The summed E-state index contributed by atoms with van der Waals surface area (Å²) in [5, 5.41) is 13.3. The molecule has 1 aliphatic rings. The quantitative estimate of drug-likeness (QED) is 0.824. The first-order valence-corrected chi connectivity index (χ1v) is 7.88. The molecule has 1 saturated carbocycles. The Morgan fingerprint density at radius 3 is 2.67 bits per heavy atom. The minimum absolute atomic E-state index is 0. The summed E-state index contributed by atoms with van der Waals surface area (Å²) in [5.74, 6) is 1.61. The van der Waals surface area contributed by atoms with Crippen LogP contribution in [0.1, 0.15) is 51.5 Å². The molecule has 0 spiro atoms. The highest BCUT2D eigenvalue weighted by atomic mass is 35.5. The molecule has 4 heteroatoms. The van der Waals surface area contributed by atoms with Crippen LogP contribution < -0.4 is 10.1 Å². The standard InChI is InChI=1S/C17H27NO2.ClH/c1-3-20-17-11-14(9-10-16(17)19)12-18-13(2)15-7-5-4-6-8-15;/h9-11,13,15,18-19H,3-8,12H2,1-2H3;1H/t13-;/m0./s1. The van der Waals surface area contributed by atoms with Gasteiger partial charge in [-0.15, -0.1) is 12.4 Å². The lowest BCUT2D eigenvalue weighted by Gasteiger charge is -2.28. The Bertz CT molecular complexity index is 419. The highest BCUT2D eigenvalue weighted by Crippen LogP contribution is 2.28. The van der Waals surface area contributed by atoms with E-state index in [0.717, 1.165) is 18.0 Å². The summed E-state index contributed by atoms with van der Waals surface area (Å²) in [4.78, 5) is 0. The van der Waals surface area contributed by atoms with Crippen molar-refractivity contribution in [3.63, 3.8) is 0 Å². The van der Waals surface area contributed by atoms with Gasteiger partial charge in [-0.05, 0) is 50.3 Å². The van der Waals surface area contributed by atoms with Crippen LogP contribution in [0.4, 0.5) is 0 Å². The number of phenols is 1. The summed E-state index contributed by atoms with van der Waals surface area (Å²) in [5.41, 5.74) is 1.16. The molecule has 120 valence electrons. The van der Waals surface area contributed by atoms with Gasteiger partial charge in [0.2, 0.25) is 0 Å². The summed E-state index contributed by atoms with van der Waals surface area (Å²) in [6.07, 6.45) is 6.87. The van der Waals surface area contributed by atoms with Crippen LogP contribution in [-0.4, -0.2) is 17.8 Å². The number of hydrogen-bond donors (Lipinski definition) is 2. The molecule has 1 aromatic carbocycles. The molecule has 1 aliphatic carbocycles. The van der Waals surface area contributed by atoms with E-state index in [1.807, 2.05) is 19.1 Å². The van der Waals surface area contributed by atoms with Gasteiger partial charge in [0.25, 0.3) is 0 Å². The molecule has 0 aromatic heterocycles. The summed E-state index contributed by atoms with van der Waals surface area (Å²) < 4.78 is 5.42. The maximum atomic E-state index is 9.70. The van der Waals surface area contributed by atoms with Gasteiger partial charge in [-0.2, -0.15) is 0 Å². The molecule has 0 bridgehead atoms. The second-order valence-corrected chi connectivity index (χ2v) is 5.80. The molecule has 1 aromatic rings.